The second-order valence-electron chi connectivity index (χ2n) is 1.79. The van der Waals surface area contributed by atoms with Crippen LogP contribution in [0.15, 0.2) is 12.7 Å². The van der Waals surface area contributed by atoms with Gasteiger partial charge in [0.15, 0.2) is 0 Å². The number of carbonyl (C=O) groups excluding carboxylic acids is 1. The fraction of sp³-hybridized carbons (Fsp3) is 0.500. The fourth-order valence-corrected chi connectivity index (χ4v) is 0.355. The second kappa shape index (κ2) is 4.96. The molecule has 0 aromatic rings. The van der Waals surface area contributed by atoms with Crippen molar-refractivity contribution < 1.29 is 15.0 Å². The predicted octanol–water partition coefficient (Wildman–Crippen LogP) is -1.36. The summed E-state index contributed by atoms with van der Waals surface area (Å²) in [5.74, 6) is -0.354. The lowest BCUT2D eigenvalue weighted by Crippen LogP contribution is -2.32. The molecule has 58 valence electrons. The van der Waals surface area contributed by atoms with Gasteiger partial charge in [-0.1, -0.05) is 6.58 Å². The zero-order valence-corrected chi connectivity index (χ0v) is 5.58. The van der Waals surface area contributed by atoms with Crippen molar-refractivity contribution in [2.45, 2.75) is 6.10 Å². The number of carbonyl (C=O) groups is 1. The molecule has 1 atom stereocenters. The Bertz CT molecular complexity index is 124. The van der Waals surface area contributed by atoms with Crippen LogP contribution in [0.2, 0.25) is 0 Å². The van der Waals surface area contributed by atoms with Gasteiger partial charge in [0.2, 0.25) is 5.91 Å². The lowest BCUT2D eigenvalue weighted by atomic mass is 10.4. The molecule has 4 nitrogen and oxygen atoms in total. The lowest BCUT2D eigenvalue weighted by Gasteiger charge is -2.05. The molecule has 0 aromatic heterocycles. The van der Waals surface area contributed by atoms with Gasteiger partial charge >= 0.3 is 0 Å². The maximum atomic E-state index is 10.4. The predicted molar refractivity (Wildman–Crippen MR) is 36.3 cm³/mol. The van der Waals surface area contributed by atoms with Gasteiger partial charge in [0.1, 0.15) is 0 Å². The molecule has 0 bridgehead atoms. The van der Waals surface area contributed by atoms with E-state index in [9.17, 15) is 4.79 Å². The van der Waals surface area contributed by atoms with Crippen LogP contribution in [0.1, 0.15) is 0 Å². The number of hydrogen-bond donors (Lipinski definition) is 3. The molecule has 0 fully saturated rings. The Morgan fingerprint density at radius 1 is 1.80 bits per heavy atom. The first kappa shape index (κ1) is 9.13. The van der Waals surface area contributed by atoms with Crippen LogP contribution in [0, 0.1) is 0 Å². The molecule has 0 aliphatic heterocycles. The first-order valence-corrected chi connectivity index (χ1v) is 2.90. The van der Waals surface area contributed by atoms with Gasteiger partial charge in [-0.05, 0) is 6.08 Å². The van der Waals surface area contributed by atoms with Crippen LogP contribution in [0.25, 0.3) is 0 Å². The van der Waals surface area contributed by atoms with Crippen molar-refractivity contribution in [3.05, 3.63) is 12.7 Å². The average molecular weight is 145 g/mol. The Morgan fingerprint density at radius 2 is 2.40 bits per heavy atom. The molecule has 0 heterocycles. The van der Waals surface area contributed by atoms with Crippen LogP contribution in [0.3, 0.4) is 0 Å². The average Bonchev–Trinajstić information content (AvgIpc) is 1.99. The summed E-state index contributed by atoms with van der Waals surface area (Å²) in [6.07, 6.45) is 0.216. The molecule has 0 saturated carbocycles. The number of amides is 1. The van der Waals surface area contributed by atoms with Crippen molar-refractivity contribution >= 4 is 5.91 Å². The summed E-state index contributed by atoms with van der Waals surface area (Å²) in [7, 11) is 0. The van der Waals surface area contributed by atoms with Gasteiger partial charge in [-0.15, -0.1) is 0 Å². The van der Waals surface area contributed by atoms with E-state index in [1.807, 2.05) is 0 Å². The number of hydrogen-bond acceptors (Lipinski definition) is 3. The third-order valence-corrected chi connectivity index (χ3v) is 0.908. The Kier molecular flexibility index (Phi) is 4.53. The van der Waals surface area contributed by atoms with Gasteiger partial charge in [-0.25, -0.2) is 0 Å². The first-order chi connectivity index (χ1) is 4.70. The third-order valence-electron chi connectivity index (χ3n) is 0.908. The van der Waals surface area contributed by atoms with E-state index in [2.05, 4.69) is 11.9 Å². The highest BCUT2D eigenvalue weighted by Crippen LogP contribution is 1.76. The molecule has 0 aliphatic rings. The van der Waals surface area contributed by atoms with Crippen LogP contribution in [-0.2, 0) is 4.79 Å². The summed E-state index contributed by atoms with van der Waals surface area (Å²) in [6, 6.07) is 0. The summed E-state index contributed by atoms with van der Waals surface area (Å²) in [4.78, 5) is 10.4. The van der Waals surface area contributed by atoms with E-state index < -0.39 is 6.10 Å². The minimum absolute atomic E-state index is 0.0569. The smallest absolute Gasteiger partial charge is 0.243 e. The molecule has 0 spiro atoms. The Balaban J connectivity index is 3.34. The maximum absolute atomic E-state index is 10.4. The van der Waals surface area contributed by atoms with Crippen molar-refractivity contribution in [2.75, 3.05) is 13.2 Å². The SMILES string of the molecule is C=CC(=O)NCC(O)CO. The van der Waals surface area contributed by atoms with Gasteiger partial charge in [-0.2, -0.15) is 0 Å². The Labute approximate surface area is 59.2 Å². The van der Waals surface area contributed by atoms with Crippen LogP contribution >= 0.6 is 0 Å². The molecule has 1 unspecified atom stereocenters. The molecule has 0 rings (SSSR count). The van der Waals surface area contributed by atoms with Gasteiger partial charge in [-0.3, -0.25) is 4.79 Å². The second-order valence-corrected chi connectivity index (χ2v) is 1.79. The highest BCUT2D eigenvalue weighted by atomic mass is 16.3. The summed E-state index contributed by atoms with van der Waals surface area (Å²) in [5, 5.41) is 19.3. The molecule has 1 amide bonds. The molecule has 0 aromatic carbocycles. The minimum atomic E-state index is -0.885. The topological polar surface area (TPSA) is 69.6 Å². The standard InChI is InChI=1S/C6H11NO3/c1-2-6(10)7-3-5(9)4-8/h2,5,8-9H,1,3-4H2,(H,7,10). The van der Waals surface area contributed by atoms with Gasteiger partial charge in [0.25, 0.3) is 0 Å². The van der Waals surface area contributed by atoms with Crippen molar-refractivity contribution in [3.8, 4) is 0 Å². The van der Waals surface area contributed by atoms with E-state index >= 15 is 0 Å². The number of aliphatic hydroxyl groups excluding tert-OH is 2. The normalized spacial score (nSPS) is 12.2. The summed E-state index contributed by atoms with van der Waals surface area (Å²) < 4.78 is 0. The summed E-state index contributed by atoms with van der Waals surface area (Å²) in [6.45, 7) is 2.92. The maximum Gasteiger partial charge on any atom is 0.243 e. The highest BCUT2D eigenvalue weighted by Gasteiger charge is 2.01. The Morgan fingerprint density at radius 3 is 2.80 bits per heavy atom. The van der Waals surface area contributed by atoms with Gasteiger partial charge in [0.05, 0.1) is 12.7 Å². The summed E-state index contributed by atoms with van der Waals surface area (Å²) in [5.41, 5.74) is 0. The van der Waals surface area contributed by atoms with E-state index in [0.717, 1.165) is 6.08 Å². The molecule has 0 radical (unpaired) electrons. The number of nitrogens with one attached hydrogen (secondary N) is 1. The molecule has 10 heavy (non-hydrogen) atoms. The van der Waals surface area contributed by atoms with Crippen molar-refractivity contribution in [1.82, 2.24) is 5.32 Å². The number of rotatable bonds is 4. The van der Waals surface area contributed by atoms with Crippen LogP contribution in [0.4, 0.5) is 0 Å². The minimum Gasteiger partial charge on any atom is -0.394 e. The fourth-order valence-electron chi connectivity index (χ4n) is 0.355. The van der Waals surface area contributed by atoms with Gasteiger partial charge < -0.3 is 15.5 Å². The lowest BCUT2D eigenvalue weighted by molar-refractivity contribution is -0.117. The highest BCUT2D eigenvalue weighted by molar-refractivity contribution is 5.86. The van der Waals surface area contributed by atoms with Crippen LogP contribution in [-0.4, -0.2) is 35.4 Å². The zero-order valence-electron chi connectivity index (χ0n) is 5.58. The van der Waals surface area contributed by atoms with Crippen molar-refractivity contribution in [1.29, 1.82) is 0 Å². The monoisotopic (exact) mass is 145 g/mol. The quantitative estimate of drug-likeness (QED) is 0.428. The van der Waals surface area contributed by atoms with Crippen LogP contribution < -0.4 is 5.32 Å². The number of aliphatic hydroxyl groups is 2. The molecule has 0 aliphatic carbocycles. The molecular formula is C6H11NO3. The first-order valence-electron chi connectivity index (χ1n) is 2.90. The molecule has 0 saturated heterocycles. The zero-order chi connectivity index (χ0) is 7.98. The van der Waals surface area contributed by atoms with E-state index in [1.165, 1.54) is 0 Å². The van der Waals surface area contributed by atoms with Crippen molar-refractivity contribution in [3.63, 3.8) is 0 Å². The Hall–Kier alpha value is -0.870. The van der Waals surface area contributed by atoms with E-state index in [4.69, 9.17) is 10.2 Å². The largest absolute Gasteiger partial charge is 0.394 e. The third kappa shape index (κ3) is 4.05. The van der Waals surface area contributed by atoms with Gasteiger partial charge in [0, 0.05) is 6.54 Å². The van der Waals surface area contributed by atoms with Crippen molar-refractivity contribution in [2.24, 2.45) is 0 Å². The molecule has 3 N–H and O–H groups in total. The van der Waals surface area contributed by atoms with Crippen LogP contribution in [0.5, 0.6) is 0 Å². The van der Waals surface area contributed by atoms with E-state index in [-0.39, 0.29) is 19.1 Å². The molecular weight excluding hydrogens is 134 g/mol. The van der Waals surface area contributed by atoms with E-state index in [0.29, 0.717) is 0 Å². The summed E-state index contributed by atoms with van der Waals surface area (Å²) >= 11 is 0. The van der Waals surface area contributed by atoms with E-state index in [1.54, 1.807) is 0 Å². The molecule has 4 heteroatoms.